The number of hydrogen-bond acceptors (Lipinski definition) is 0. The van der Waals surface area contributed by atoms with Crippen LogP contribution in [0.15, 0.2) is 0 Å². The monoisotopic (exact) mass is 462 g/mol. The predicted molar refractivity (Wildman–Crippen MR) is 47.3 cm³/mol. The van der Waals surface area contributed by atoms with Crippen LogP contribution in [0.1, 0.15) is 0 Å². The molecule has 0 N–H and O–H groups in total. The fourth-order valence-electron chi connectivity index (χ4n) is 3.08. The summed E-state index contributed by atoms with van der Waals surface area (Å²) in [4.78, 5) is 0. The van der Waals surface area contributed by atoms with Crippen LogP contribution < -0.4 is 0 Å². The van der Waals surface area contributed by atoms with Crippen LogP contribution in [0.2, 0.25) is 0 Å². The topological polar surface area (TPSA) is 0 Å². The largest absolute Gasteiger partial charge is 0.434 e. The Morgan fingerprint density at radius 3 is 0.786 bits per heavy atom. The Kier molecular flexibility index (Phi) is 3.75. The van der Waals surface area contributed by atoms with Crippen LogP contribution in [0.4, 0.5) is 79.0 Å². The molecule has 0 aromatic rings. The van der Waals surface area contributed by atoms with Gasteiger partial charge in [-0.25, -0.2) is 13.2 Å². The summed E-state index contributed by atoms with van der Waals surface area (Å²) < 4.78 is 241. The van der Waals surface area contributed by atoms with Crippen LogP contribution >= 0.6 is 0 Å². The molecule has 0 amide bonds. The first-order valence-corrected chi connectivity index (χ1v) is 6.15. The van der Waals surface area contributed by atoms with Gasteiger partial charge in [-0.1, -0.05) is 0 Å². The Bertz CT molecular complexity index is 654. The molecule has 0 heterocycles. The van der Waals surface area contributed by atoms with E-state index in [2.05, 4.69) is 0 Å². The highest BCUT2D eigenvalue weighted by atomic mass is 19.4. The summed E-state index contributed by atoms with van der Waals surface area (Å²) >= 11 is 0. The second kappa shape index (κ2) is 4.57. The summed E-state index contributed by atoms with van der Waals surface area (Å²) in [5.41, 5.74) is -25.6. The standard InChI is InChI=1S/C10F18/c11-1-4(14,15)2(12,8(22,23)9(24,25)7(1,20)21)6(18,19)3(13,5(1,16)17)10(26,27)28. The van der Waals surface area contributed by atoms with Gasteiger partial charge in [-0.2, -0.15) is 65.9 Å². The van der Waals surface area contributed by atoms with Gasteiger partial charge in [0.05, 0.1) is 0 Å². The van der Waals surface area contributed by atoms with Crippen LogP contribution in [0.25, 0.3) is 0 Å². The normalized spacial score (nSPS) is 44.8. The third-order valence-electron chi connectivity index (χ3n) is 4.64. The van der Waals surface area contributed by atoms with Crippen molar-refractivity contribution in [3.8, 4) is 0 Å². The summed E-state index contributed by atoms with van der Waals surface area (Å²) in [5.74, 6) is -50.5. The van der Waals surface area contributed by atoms with E-state index in [1.807, 2.05) is 0 Å². The maximum atomic E-state index is 14.0. The van der Waals surface area contributed by atoms with E-state index in [1.165, 1.54) is 0 Å². The molecule has 28 heavy (non-hydrogen) atoms. The first-order valence-electron chi connectivity index (χ1n) is 6.15. The van der Waals surface area contributed by atoms with E-state index in [-0.39, 0.29) is 0 Å². The minimum absolute atomic E-state index is 8.19. The lowest BCUT2D eigenvalue weighted by Gasteiger charge is -2.64. The number of hydrogen-bond donors (Lipinski definition) is 0. The Balaban J connectivity index is 3.27. The van der Waals surface area contributed by atoms with E-state index in [0.29, 0.717) is 0 Å². The predicted octanol–water partition coefficient (Wildman–Crippen LogP) is 5.51. The van der Waals surface area contributed by atoms with Crippen LogP contribution in [0, 0.1) is 0 Å². The molecular weight excluding hydrogens is 462 g/mol. The van der Waals surface area contributed by atoms with Gasteiger partial charge in [-0.05, 0) is 0 Å². The average Bonchev–Trinajstić information content (AvgIpc) is 2.47. The van der Waals surface area contributed by atoms with E-state index in [4.69, 9.17) is 0 Å². The van der Waals surface area contributed by atoms with Crippen molar-refractivity contribution in [2.24, 2.45) is 0 Å². The summed E-state index contributed by atoms with van der Waals surface area (Å²) in [7, 11) is 0. The lowest BCUT2D eigenvalue weighted by Crippen LogP contribution is -3.00. The molecule has 0 aliphatic heterocycles. The minimum Gasteiger partial charge on any atom is -0.223 e. The lowest BCUT2D eigenvalue weighted by molar-refractivity contribution is -0.566. The lowest BCUT2D eigenvalue weighted by atomic mass is 9.52. The zero-order valence-electron chi connectivity index (χ0n) is 11.8. The zero-order chi connectivity index (χ0) is 23.0. The zero-order valence-corrected chi connectivity index (χ0v) is 11.8. The number of alkyl halides is 18. The van der Waals surface area contributed by atoms with Gasteiger partial charge >= 0.3 is 58.7 Å². The van der Waals surface area contributed by atoms with Crippen molar-refractivity contribution in [1.29, 1.82) is 0 Å². The highest BCUT2D eigenvalue weighted by molar-refractivity contribution is 5.44. The smallest absolute Gasteiger partial charge is 0.223 e. The van der Waals surface area contributed by atoms with Gasteiger partial charge in [-0.15, -0.1) is 0 Å². The van der Waals surface area contributed by atoms with Crippen LogP contribution in [0.5, 0.6) is 0 Å². The molecule has 18 heteroatoms. The van der Waals surface area contributed by atoms with Crippen LogP contribution in [0.3, 0.4) is 0 Å². The Hall–Kier alpha value is -1.26. The van der Waals surface area contributed by atoms with Gasteiger partial charge in [0.15, 0.2) is 0 Å². The molecule has 2 aliphatic carbocycles. The molecule has 0 saturated heterocycles. The average molecular weight is 462 g/mol. The van der Waals surface area contributed by atoms with Crippen molar-refractivity contribution in [2.75, 3.05) is 0 Å². The van der Waals surface area contributed by atoms with Crippen molar-refractivity contribution in [3.05, 3.63) is 0 Å². The molecule has 166 valence electrons. The van der Waals surface area contributed by atoms with Gasteiger partial charge < -0.3 is 0 Å². The highest BCUT2D eigenvalue weighted by Gasteiger charge is 3.16. The van der Waals surface area contributed by atoms with Gasteiger partial charge in [0.25, 0.3) is 0 Å². The molecule has 2 bridgehead atoms. The third-order valence-corrected chi connectivity index (χ3v) is 4.64. The van der Waals surface area contributed by atoms with Gasteiger partial charge in [0.2, 0.25) is 0 Å². The SMILES string of the molecule is FC(F)(F)C1(F)C(F)(F)C2(F)C(F)(F)C(F)(F)C(F)(F)C(F)(C1(F)F)C2(F)F. The maximum Gasteiger partial charge on any atom is 0.434 e. The molecule has 2 aliphatic rings. The van der Waals surface area contributed by atoms with E-state index < -0.39 is 58.7 Å². The van der Waals surface area contributed by atoms with Crippen molar-refractivity contribution >= 4 is 0 Å². The fraction of sp³-hybridized carbons (Fsp3) is 1.00. The van der Waals surface area contributed by atoms with E-state index in [9.17, 15) is 79.0 Å². The van der Waals surface area contributed by atoms with E-state index >= 15 is 0 Å². The summed E-state index contributed by atoms with van der Waals surface area (Å²) in [5, 5.41) is 0. The first-order chi connectivity index (χ1) is 11.8. The maximum absolute atomic E-state index is 14.0. The molecule has 2 rings (SSSR count). The minimum atomic E-state index is -8.61. The van der Waals surface area contributed by atoms with Crippen LogP contribution in [-0.4, -0.2) is 58.7 Å². The summed E-state index contributed by atoms with van der Waals surface area (Å²) in [6.45, 7) is 0. The van der Waals surface area contributed by atoms with E-state index in [1.54, 1.807) is 0 Å². The number of fused-ring (bicyclic) bond motifs is 2. The quantitative estimate of drug-likeness (QED) is 0.417. The van der Waals surface area contributed by atoms with Crippen molar-refractivity contribution in [2.45, 2.75) is 58.7 Å². The third kappa shape index (κ3) is 1.46. The second-order valence-electron chi connectivity index (χ2n) is 5.92. The molecule has 2 unspecified atom stereocenters. The van der Waals surface area contributed by atoms with Crippen molar-refractivity contribution < 1.29 is 79.0 Å². The van der Waals surface area contributed by atoms with Gasteiger partial charge in [0.1, 0.15) is 0 Å². The molecule has 0 spiro atoms. The fourth-order valence-corrected chi connectivity index (χ4v) is 3.08. The molecule has 0 nitrogen and oxygen atoms in total. The number of rotatable bonds is 0. The van der Waals surface area contributed by atoms with E-state index in [0.717, 1.165) is 0 Å². The van der Waals surface area contributed by atoms with Crippen LogP contribution in [-0.2, 0) is 0 Å². The Labute approximate surface area is 139 Å². The van der Waals surface area contributed by atoms with Gasteiger partial charge in [0, 0.05) is 0 Å². The molecule has 0 aromatic carbocycles. The molecule has 0 aromatic heterocycles. The highest BCUT2D eigenvalue weighted by Crippen LogP contribution is 2.82. The molecule has 2 fully saturated rings. The molecule has 2 atom stereocenters. The number of halogens is 18. The van der Waals surface area contributed by atoms with Gasteiger partial charge in [-0.3, -0.25) is 0 Å². The molecule has 0 radical (unpaired) electrons. The Morgan fingerprint density at radius 1 is 0.321 bits per heavy atom. The first kappa shape index (κ1) is 23.0. The molecule has 2 saturated carbocycles. The summed E-state index contributed by atoms with van der Waals surface area (Å²) in [6.07, 6.45) is -8.19. The van der Waals surface area contributed by atoms with Crippen molar-refractivity contribution in [1.82, 2.24) is 0 Å². The Morgan fingerprint density at radius 2 is 0.571 bits per heavy atom. The summed E-state index contributed by atoms with van der Waals surface area (Å²) in [6, 6.07) is 0. The van der Waals surface area contributed by atoms with Crippen molar-refractivity contribution in [3.63, 3.8) is 0 Å². The second-order valence-corrected chi connectivity index (χ2v) is 5.92. The molecular formula is C10F18.